The van der Waals surface area contributed by atoms with Crippen LogP contribution in [0.15, 0.2) is 70.6 Å². The first kappa shape index (κ1) is 19.2. The zero-order valence-electron chi connectivity index (χ0n) is 15.7. The zero-order chi connectivity index (χ0) is 20.5. The second-order valence-corrected chi connectivity index (χ2v) is 8.97. The maximum absolute atomic E-state index is 6.45. The predicted molar refractivity (Wildman–Crippen MR) is 122 cm³/mol. The number of fused-ring (bicyclic) bond motifs is 1. The summed E-state index contributed by atoms with van der Waals surface area (Å²) in [5.74, 6) is 2.25. The van der Waals surface area contributed by atoms with Gasteiger partial charge >= 0.3 is 0 Å². The fraction of sp³-hybridized carbons (Fsp3) is 0.0952. The van der Waals surface area contributed by atoms with Gasteiger partial charge in [0, 0.05) is 22.4 Å². The first-order valence-electron chi connectivity index (χ1n) is 9.15. The Labute approximate surface area is 185 Å². The number of hydrogen-bond acceptors (Lipinski definition) is 7. The summed E-state index contributed by atoms with van der Waals surface area (Å²) in [6.07, 6.45) is 3.43. The number of nitrogens with two attached hydrogens (primary N) is 1. The van der Waals surface area contributed by atoms with E-state index in [0.717, 1.165) is 42.3 Å². The fourth-order valence-corrected chi connectivity index (χ4v) is 5.31. The minimum Gasteiger partial charge on any atom is -0.467 e. The number of nitrogens with zero attached hydrogens (tertiary/aromatic N) is 4. The summed E-state index contributed by atoms with van der Waals surface area (Å²) in [4.78, 5) is 6.17. The molecule has 0 saturated heterocycles. The third-order valence-corrected chi connectivity index (χ3v) is 6.97. The number of thioether (sulfide) groups is 1. The van der Waals surface area contributed by atoms with E-state index in [-0.39, 0.29) is 0 Å². The number of rotatable bonds is 6. The summed E-state index contributed by atoms with van der Waals surface area (Å²) in [5, 5.41) is 11.4. The van der Waals surface area contributed by atoms with Crippen molar-refractivity contribution in [3.8, 4) is 10.7 Å². The molecule has 30 heavy (non-hydrogen) atoms. The van der Waals surface area contributed by atoms with Crippen molar-refractivity contribution in [2.24, 2.45) is 0 Å². The molecule has 0 amide bonds. The maximum atomic E-state index is 6.45. The fourth-order valence-electron chi connectivity index (χ4n) is 3.16. The molecule has 6 nitrogen and oxygen atoms in total. The summed E-state index contributed by atoms with van der Waals surface area (Å²) in [6.45, 7) is 0.508. The standard InChI is InChI=1S/C21H16ClN5OS2/c22-14-5-1-4-13(10-14)12-29-21-26-25-19(27(21)11-15-6-3-9-28-15)18-17(23)16-7-2-8-24-20(16)30-18/h1-10H,11-12,23H2. The molecule has 0 atom stereocenters. The van der Waals surface area contributed by atoms with E-state index >= 15 is 0 Å². The Morgan fingerprint density at radius 1 is 1.13 bits per heavy atom. The lowest BCUT2D eigenvalue weighted by Gasteiger charge is -2.08. The lowest BCUT2D eigenvalue weighted by atomic mass is 10.2. The molecular weight excluding hydrogens is 438 g/mol. The summed E-state index contributed by atoms with van der Waals surface area (Å²) >= 11 is 9.23. The Kier molecular flexibility index (Phi) is 5.20. The van der Waals surface area contributed by atoms with Crippen LogP contribution in [0.25, 0.3) is 20.9 Å². The Bertz CT molecular complexity index is 1310. The monoisotopic (exact) mass is 453 g/mol. The van der Waals surface area contributed by atoms with Crippen molar-refractivity contribution >= 4 is 50.6 Å². The molecule has 5 rings (SSSR count). The average molecular weight is 454 g/mol. The van der Waals surface area contributed by atoms with Crippen molar-refractivity contribution in [2.75, 3.05) is 5.73 Å². The van der Waals surface area contributed by atoms with E-state index in [1.165, 1.54) is 11.3 Å². The minimum atomic E-state index is 0.508. The van der Waals surface area contributed by atoms with E-state index in [1.54, 1.807) is 24.2 Å². The van der Waals surface area contributed by atoms with Gasteiger partial charge in [-0.05, 0) is 42.0 Å². The van der Waals surface area contributed by atoms with Gasteiger partial charge in [-0.1, -0.05) is 35.5 Å². The van der Waals surface area contributed by atoms with Crippen LogP contribution in [-0.4, -0.2) is 19.7 Å². The van der Waals surface area contributed by atoms with Crippen molar-refractivity contribution < 1.29 is 4.42 Å². The van der Waals surface area contributed by atoms with E-state index in [0.29, 0.717) is 18.1 Å². The van der Waals surface area contributed by atoms with Gasteiger partial charge in [0.15, 0.2) is 11.0 Å². The topological polar surface area (TPSA) is 82.8 Å². The van der Waals surface area contributed by atoms with Gasteiger partial charge in [-0.3, -0.25) is 4.57 Å². The summed E-state index contributed by atoms with van der Waals surface area (Å²) < 4.78 is 7.61. The molecule has 150 valence electrons. The van der Waals surface area contributed by atoms with Crippen LogP contribution in [0.3, 0.4) is 0 Å². The highest BCUT2D eigenvalue weighted by Crippen LogP contribution is 2.40. The largest absolute Gasteiger partial charge is 0.467 e. The van der Waals surface area contributed by atoms with Crippen molar-refractivity contribution in [1.82, 2.24) is 19.7 Å². The minimum absolute atomic E-state index is 0.508. The van der Waals surface area contributed by atoms with Gasteiger partial charge in [-0.2, -0.15) is 0 Å². The Morgan fingerprint density at radius 2 is 2.07 bits per heavy atom. The molecule has 4 aromatic heterocycles. The normalized spacial score (nSPS) is 11.4. The van der Waals surface area contributed by atoms with Crippen molar-refractivity contribution in [1.29, 1.82) is 0 Å². The maximum Gasteiger partial charge on any atom is 0.192 e. The third kappa shape index (κ3) is 3.69. The second-order valence-electron chi connectivity index (χ2n) is 6.59. The van der Waals surface area contributed by atoms with E-state index in [9.17, 15) is 0 Å². The average Bonchev–Trinajstić information content (AvgIpc) is 3.47. The summed E-state index contributed by atoms with van der Waals surface area (Å²) in [6, 6.07) is 15.5. The highest BCUT2D eigenvalue weighted by molar-refractivity contribution is 7.98. The number of aromatic nitrogens is 4. The number of anilines is 1. The van der Waals surface area contributed by atoms with Crippen LogP contribution in [0.5, 0.6) is 0 Å². The molecular formula is C21H16ClN5OS2. The molecule has 0 aliphatic heterocycles. The van der Waals surface area contributed by atoms with Gasteiger partial charge in [0.2, 0.25) is 0 Å². The summed E-state index contributed by atoms with van der Waals surface area (Å²) in [7, 11) is 0. The molecule has 0 fully saturated rings. The smallest absolute Gasteiger partial charge is 0.192 e. The molecule has 0 bridgehead atoms. The SMILES string of the molecule is Nc1c(-c2nnc(SCc3cccc(Cl)c3)n2Cc2ccco2)sc2ncccc12. The van der Waals surface area contributed by atoms with Crippen LogP contribution in [0.2, 0.25) is 5.02 Å². The number of thiophene rings is 1. The first-order valence-corrected chi connectivity index (χ1v) is 11.3. The lowest BCUT2D eigenvalue weighted by molar-refractivity contribution is 0.485. The van der Waals surface area contributed by atoms with Crippen molar-refractivity contribution in [2.45, 2.75) is 17.5 Å². The van der Waals surface area contributed by atoms with E-state index in [1.807, 2.05) is 53.1 Å². The van der Waals surface area contributed by atoms with Crippen LogP contribution in [0.4, 0.5) is 5.69 Å². The van der Waals surface area contributed by atoms with E-state index in [4.69, 9.17) is 21.8 Å². The third-order valence-electron chi connectivity index (χ3n) is 4.58. The molecule has 0 aliphatic carbocycles. The Morgan fingerprint density at radius 3 is 2.87 bits per heavy atom. The predicted octanol–water partition coefficient (Wildman–Crippen LogP) is 5.72. The lowest BCUT2D eigenvalue weighted by Crippen LogP contribution is -2.03. The molecule has 1 aromatic carbocycles. The highest BCUT2D eigenvalue weighted by atomic mass is 35.5. The molecule has 0 aliphatic rings. The second kappa shape index (κ2) is 8.14. The number of halogens is 1. The Balaban J connectivity index is 1.54. The van der Waals surface area contributed by atoms with E-state index in [2.05, 4.69) is 15.2 Å². The van der Waals surface area contributed by atoms with Gasteiger partial charge in [0.1, 0.15) is 10.6 Å². The van der Waals surface area contributed by atoms with Crippen molar-refractivity contribution in [3.05, 3.63) is 77.3 Å². The quantitative estimate of drug-likeness (QED) is 0.331. The summed E-state index contributed by atoms with van der Waals surface area (Å²) in [5.41, 5.74) is 8.24. The van der Waals surface area contributed by atoms with Crippen molar-refractivity contribution in [3.63, 3.8) is 0 Å². The highest BCUT2D eigenvalue weighted by Gasteiger charge is 2.21. The number of benzene rings is 1. The number of nitrogen functional groups attached to an aromatic ring is 1. The van der Waals surface area contributed by atoms with Crippen LogP contribution >= 0.6 is 34.7 Å². The van der Waals surface area contributed by atoms with Gasteiger partial charge < -0.3 is 10.2 Å². The number of hydrogen-bond donors (Lipinski definition) is 1. The zero-order valence-corrected chi connectivity index (χ0v) is 18.0. The van der Waals surface area contributed by atoms with Crippen LogP contribution in [-0.2, 0) is 12.3 Å². The Hall–Kier alpha value is -2.81. The van der Waals surface area contributed by atoms with Gasteiger partial charge in [-0.25, -0.2) is 4.98 Å². The molecule has 2 N–H and O–H groups in total. The van der Waals surface area contributed by atoms with Gasteiger partial charge in [0.25, 0.3) is 0 Å². The van der Waals surface area contributed by atoms with Crippen LogP contribution in [0.1, 0.15) is 11.3 Å². The van der Waals surface area contributed by atoms with Gasteiger partial charge in [0.05, 0.1) is 23.4 Å². The molecule has 0 unspecified atom stereocenters. The molecule has 9 heteroatoms. The number of furan rings is 1. The molecule has 5 aromatic rings. The van der Waals surface area contributed by atoms with E-state index < -0.39 is 0 Å². The molecule has 0 radical (unpaired) electrons. The van der Waals surface area contributed by atoms with Crippen LogP contribution < -0.4 is 5.73 Å². The number of pyridine rings is 1. The molecule has 0 spiro atoms. The van der Waals surface area contributed by atoms with Crippen LogP contribution in [0, 0.1) is 0 Å². The van der Waals surface area contributed by atoms with Gasteiger partial charge in [-0.15, -0.1) is 21.5 Å². The molecule has 4 heterocycles. The first-order chi connectivity index (χ1) is 14.7. The molecule has 0 saturated carbocycles.